The van der Waals surface area contributed by atoms with Gasteiger partial charge >= 0.3 is 0 Å². The summed E-state index contributed by atoms with van der Waals surface area (Å²) in [7, 11) is 0. The molecule has 2 heterocycles. The zero-order valence-corrected chi connectivity index (χ0v) is 15.0. The van der Waals surface area contributed by atoms with E-state index >= 15 is 0 Å². The van der Waals surface area contributed by atoms with E-state index in [4.69, 9.17) is 0 Å². The SMILES string of the molecule is Cc1ccc2[nH]c3nc(N/N=C\c4c(O)ccc5ccccc45)nnc3c2c1. The number of aromatic hydroxyl groups is 1. The molecule has 136 valence electrons. The molecule has 0 aliphatic carbocycles. The summed E-state index contributed by atoms with van der Waals surface area (Å²) in [5, 5.41) is 25.7. The van der Waals surface area contributed by atoms with Crippen LogP contribution in [0, 0.1) is 6.92 Å². The Balaban J connectivity index is 1.48. The van der Waals surface area contributed by atoms with Gasteiger partial charge in [-0.15, -0.1) is 10.2 Å². The summed E-state index contributed by atoms with van der Waals surface area (Å²) < 4.78 is 0. The first-order valence-corrected chi connectivity index (χ1v) is 8.81. The number of nitrogens with zero attached hydrogens (tertiary/aromatic N) is 4. The van der Waals surface area contributed by atoms with Crippen molar-refractivity contribution in [3.05, 3.63) is 65.7 Å². The van der Waals surface area contributed by atoms with Gasteiger partial charge in [0.1, 0.15) is 11.3 Å². The fraction of sp³-hybridized carbons (Fsp3) is 0.0476. The maximum atomic E-state index is 10.2. The number of hydrogen-bond acceptors (Lipinski definition) is 6. The molecule has 0 atom stereocenters. The number of anilines is 1. The van der Waals surface area contributed by atoms with Gasteiger partial charge in [-0.25, -0.2) is 5.43 Å². The van der Waals surface area contributed by atoms with Crippen LogP contribution in [-0.2, 0) is 0 Å². The van der Waals surface area contributed by atoms with Crippen LogP contribution in [0.15, 0.2) is 59.7 Å². The van der Waals surface area contributed by atoms with E-state index in [-0.39, 0.29) is 11.7 Å². The molecule has 0 saturated carbocycles. The molecule has 0 unspecified atom stereocenters. The van der Waals surface area contributed by atoms with Crippen LogP contribution in [-0.4, -0.2) is 31.5 Å². The molecule has 7 heteroatoms. The van der Waals surface area contributed by atoms with Gasteiger partial charge in [-0.3, -0.25) is 0 Å². The van der Waals surface area contributed by atoms with E-state index < -0.39 is 0 Å². The lowest BCUT2D eigenvalue weighted by Crippen LogP contribution is -1.99. The van der Waals surface area contributed by atoms with Gasteiger partial charge in [0.25, 0.3) is 5.95 Å². The van der Waals surface area contributed by atoms with Gasteiger partial charge in [0.05, 0.1) is 6.21 Å². The second kappa shape index (κ2) is 6.31. The molecule has 5 aromatic rings. The number of nitrogens with one attached hydrogen (secondary N) is 2. The first-order chi connectivity index (χ1) is 13.7. The Hall–Kier alpha value is -4.00. The summed E-state index contributed by atoms with van der Waals surface area (Å²) in [4.78, 5) is 7.68. The van der Waals surface area contributed by atoms with Crippen LogP contribution in [0.2, 0.25) is 0 Å². The van der Waals surface area contributed by atoms with Gasteiger partial charge in [-0.05, 0) is 35.9 Å². The zero-order valence-electron chi connectivity index (χ0n) is 15.0. The van der Waals surface area contributed by atoms with E-state index in [2.05, 4.69) is 36.8 Å². The molecule has 0 radical (unpaired) electrons. The van der Waals surface area contributed by atoms with Crippen molar-refractivity contribution in [3.8, 4) is 5.75 Å². The fourth-order valence-corrected chi connectivity index (χ4v) is 3.31. The summed E-state index contributed by atoms with van der Waals surface area (Å²) >= 11 is 0. The molecule has 0 spiro atoms. The van der Waals surface area contributed by atoms with Crippen molar-refractivity contribution in [2.75, 3.05) is 5.43 Å². The van der Waals surface area contributed by atoms with Gasteiger partial charge in [-0.2, -0.15) is 10.1 Å². The van der Waals surface area contributed by atoms with Crippen LogP contribution >= 0.6 is 0 Å². The summed E-state index contributed by atoms with van der Waals surface area (Å²) in [5.41, 5.74) is 6.89. The summed E-state index contributed by atoms with van der Waals surface area (Å²) in [6, 6.07) is 17.4. The van der Waals surface area contributed by atoms with E-state index in [1.165, 1.54) is 0 Å². The number of fused-ring (bicyclic) bond motifs is 4. The van der Waals surface area contributed by atoms with Crippen LogP contribution in [0.3, 0.4) is 0 Å². The van der Waals surface area contributed by atoms with E-state index in [1.54, 1.807) is 12.3 Å². The van der Waals surface area contributed by atoms with Gasteiger partial charge in [-0.1, -0.05) is 42.0 Å². The Labute approximate surface area is 159 Å². The number of hydrazone groups is 1. The van der Waals surface area contributed by atoms with Gasteiger partial charge in [0.2, 0.25) is 0 Å². The Morgan fingerprint density at radius 3 is 2.86 bits per heavy atom. The van der Waals surface area contributed by atoms with Gasteiger partial charge in [0.15, 0.2) is 5.65 Å². The second-order valence-electron chi connectivity index (χ2n) is 6.60. The molecule has 28 heavy (non-hydrogen) atoms. The molecule has 0 bridgehead atoms. The third kappa shape index (κ3) is 2.69. The van der Waals surface area contributed by atoms with Gasteiger partial charge in [0, 0.05) is 16.5 Å². The number of aryl methyl sites for hydroxylation is 1. The monoisotopic (exact) mass is 368 g/mol. The maximum absolute atomic E-state index is 10.2. The average molecular weight is 368 g/mol. The molecule has 3 aromatic carbocycles. The molecule has 0 amide bonds. The lowest BCUT2D eigenvalue weighted by atomic mass is 10.0. The fourth-order valence-electron chi connectivity index (χ4n) is 3.31. The van der Waals surface area contributed by atoms with Crippen molar-refractivity contribution >= 4 is 45.0 Å². The molecular weight excluding hydrogens is 352 g/mol. The minimum absolute atomic E-state index is 0.157. The highest BCUT2D eigenvalue weighted by molar-refractivity contribution is 6.04. The molecule has 3 N–H and O–H groups in total. The third-order valence-electron chi connectivity index (χ3n) is 4.68. The lowest BCUT2D eigenvalue weighted by Gasteiger charge is -2.04. The summed E-state index contributed by atoms with van der Waals surface area (Å²) in [6.45, 7) is 2.03. The molecule has 0 fully saturated rings. The number of phenols is 1. The van der Waals surface area contributed by atoms with E-state index in [0.29, 0.717) is 11.2 Å². The van der Waals surface area contributed by atoms with Crippen LogP contribution in [0.5, 0.6) is 5.75 Å². The van der Waals surface area contributed by atoms with Gasteiger partial charge < -0.3 is 10.1 Å². The number of hydrogen-bond donors (Lipinski definition) is 3. The van der Waals surface area contributed by atoms with Crippen LogP contribution in [0.25, 0.3) is 32.8 Å². The Morgan fingerprint density at radius 1 is 1.04 bits per heavy atom. The number of benzene rings is 3. The molecule has 7 nitrogen and oxygen atoms in total. The minimum atomic E-state index is 0.157. The molecular formula is C21H16N6O. The molecule has 0 aliphatic rings. The van der Waals surface area contributed by atoms with Crippen molar-refractivity contribution in [2.45, 2.75) is 6.92 Å². The molecule has 0 saturated heterocycles. The Kier molecular flexibility index (Phi) is 3.65. The lowest BCUT2D eigenvalue weighted by molar-refractivity contribution is 0.475. The predicted octanol–water partition coefficient (Wildman–Crippen LogP) is 4.12. The molecule has 2 aromatic heterocycles. The highest BCUT2D eigenvalue weighted by atomic mass is 16.3. The second-order valence-corrected chi connectivity index (χ2v) is 6.60. The smallest absolute Gasteiger partial charge is 0.265 e. The Morgan fingerprint density at radius 2 is 1.93 bits per heavy atom. The normalized spacial score (nSPS) is 11.8. The number of H-pyrrole nitrogens is 1. The molecule has 0 aliphatic heterocycles. The quantitative estimate of drug-likeness (QED) is 0.329. The number of aromatic amines is 1. The van der Waals surface area contributed by atoms with E-state index in [0.717, 1.165) is 32.8 Å². The number of aromatic nitrogens is 4. The highest BCUT2D eigenvalue weighted by Gasteiger charge is 2.09. The minimum Gasteiger partial charge on any atom is -0.507 e. The van der Waals surface area contributed by atoms with Crippen molar-refractivity contribution in [2.24, 2.45) is 5.10 Å². The summed E-state index contributed by atoms with van der Waals surface area (Å²) in [5.74, 6) is 0.427. The number of rotatable bonds is 3. The van der Waals surface area contributed by atoms with Crippen molar-refractivity contribution in [1.29, 1.82) is 0 Å². The van der Waals surface area contributed by atoms with E-state index in [1.807, 2.05) is 49.4 Å². The third-order valence-corrected chi connectivity index (χ3v) is 4.68. The Bertz CT molecular complexity index is 1370. The zero-order chi connectivity index (χ0) is 19.1. The topological polar surface area (TPSA) is 99.1 Å². The maximum Gasteiger partial charge on any atom is 0.265 e. The van der Waals surface area contributed by atoms with E-state index in [9.17, 15) is 5.11 Å². The van der Waals surface area contributed by atoms with Crippen molar-refractivity contribution in [3.63, 3.8) is 0 Å². The first-order valence-electron chi connectivity index (χ1n) is 8.81. The predicted molar refractivity (Wildman–Crippen MR) is 111 cm³/mol. The average Bonchev–Trinajstić information content (AvgIpc) is 3.06. The van der Waals surface area contributed by atoms with Crippen molar-refractivity contribution in [1.82, 2.24) is 20.2 Å². The standard InChI is InChI=1S/C21H16N6O/c1-12-6-8-17-15(10-12)19-20(23-17)24-21(27-25-19)26-22-11-16-14-5-3-2-4-13(14)7-9-18(16)28/h2-11,28H,1H3,(H2,23,24,26,27)/b22-11-. The largest absolute Gasteiger partial charge is 0.507 e. The van der Waals surface area contributed by atoms with Crippen LogP contribution in [0.1, 0.15) is 11.1 Å². The highest BCUT2D eigenvalue weighted by Crippen LogP contribution is 2.26. The van der Waals surface area contributed by atoms with Crippen LogP contribution in [0.4, 0.5) is 5.95 Å². The first kappa shape index (κ1) is 16.2. The number of phenolic OH excluding ortho intramolecular Hbond substituents is 1. The molecule has 5 rings (SSSR count). The van der Waals surface area contributed by atoms with Crippen molar-refractivity contribution < 1.29 is 5.11 Å². The summed E-state index contributed by atoms with van der Waals surface area (Å²) in [6.07, 6.45) is 1.56. The van der Waals surface area contributed by atoms with Crippen LogP contribution < -0.4 is 5.43 Å².